The molecule has 2 rings (SSSR count). The lowest BCUT2D eigenvalue weighted by molar-refractivity contribution is -0.116. The summed E-state index contributed by atoms with van der Waals surface area (Å²) in [7, 11) is 0.782. The van der Waals surface area contributed by atoms with Crippen molar-refractivity contribution in [3.8, 4) is 5.75 Å². The SMILES string of the molecule is C=CCNC(=O)c1ccccc1NC(=O)CCc1cc(S(=O)(=O)N(C)C)ccc1OC. The van der Waals surface area contributed by atoms with E-state index in [2.05, 4.69) is 17.2 Å². The molecule has 2 N–H and O–H groups in total. The van der Waals surface area contributed by atoms with Gasteiger partial charge in [0.2, 0.25) is 15.9 Å². The highest BCUT2D eigenvalue weighted by atomic mass is 32.2. The molecule has 0 saturated carbocycles. The van der Waals surface area contributed by atoms with E-state index in [0.29, 0.717) is 29.1 Å². The first-order valence-corrected chi connectivity index (χ1v) is 11.0. The van der Waals surface area contributed by atoms with Crippen molar-refractivity contribution < 1.29 is 22.7 Å². The second-order valence-corrected chi connectivity index (χ2v) is 9.01. The molecule has 0 unspecified atom stereocenters. The van der Waals surface area contributed by atoms with Crippen LogP contribution >= 0.6 is 0 Å². The second kappa shape index (κ2) is 10.7. The summed E-state index contributed by atoms with van der Waals surface area (Å²) in [5, 5.41) is 5.42. The Kier molecular flexibility index (Phi) is 8.35. The minimum absolute atomic E-state index is 0.0738. The third-order valence-electron chi connectivity index (χ3n) is 4.50. The van der Waals surface area contributed by atoms with Crippen LogP contribution < -0.4 is 15.4 Å². The van der Waals surface area contributed by atoms with Crippen LogP contribution in [0.2, 0.25) is 0 Å². The van der Waals surface area contributed by atoms with Crippen LogP contribution in [-0.2, 0) is 21.2 Å². The van der Waals surface area contributed by atoms with Gasteiger partial charge in [-0.15, -0.1) is 6.58 Å². The molecule has 0 aromatic heterocycles. The second-order valence-electron chi connectivity index (χ2n) is 6.85. The van der Waals surface area contributed by atoms with E-state index < -0.39 is 10.0 Å². The molecule has 2 aromatic rings. The summed E-state index contributed by atoms with van der Waals surface area (Å²) in [6.07, 6.45) is 1.90. The van der Waals surface area contributed by atoms with Gasteiger partial charge in [0.05, 0.1) is 23.3 Å². The largest absolute Gasteiger partial charge is 0.496 e. The number of amides is 2. The standard InChI is InChI=1S/C22H27N3O5S/c1-5-14-23-22(27)18-8-6-7-9-19(18)24-21(26)13-10-16-15-17(11-12-20(16)30-4)31(28,29)25(2)3/h5-9,11-12,15H,1,10,13-14H2,2-4H3,(H,23,27)(H,24,26). The molecule has 0 spiro atoms. The molecule has 31 heavy (non-hydrogen) atoms. The smallest absolute Gasteiger partial charge is 0.253 e. The lowest BCUT2D eigenvalue weighted by Gasteiger charge is -2.15. The molecule has 8 nitrogen and oxygen atoms in total. The number of aryl methyl sites for hydroxylation is 1. The number of carbonyl (C=O) groups excluding carboxylic acids is 2. The van der Waals surface area contributed by atoms with Crippen LogP contribution in [0, 0.1) is 0 Å². The van der Waals surface area contributed by atoms with Crippen molar-refractivity contribution in [3.63, 3.8) is 0 Å². The van der Waals surface area contributed by atoms with E-state index in [4.69, 9.17) is 4.74 Å². The number of methoxy groups -OCH3 is 1. The summed E-state index contributed by atoms with van der Waals surface area (Å²) in [4.78, 5) is 24.9. The molecular weight excluding hydrogens is 418 g/mol. The quantitative estimate of drug-likeness (QED) is 0.547. The Bertz CT molecular complexity index is 1060. The van der Waals surface area contributed by atoms with Crippen molar-refractivity contribution in [2.75, 3.05) is 33.1 Å². The molecule has 166 valence electrons. The van der Waals surface area contributed by atoms with Gasteiger partial charge in [-0.25, -0.2) is 12.7 Å². The number of hydrogen-bond donors (Lipinski definition) is 2. The predicted octanol–water partition coefficient (Wildman–Crippen LogP) is 2.43. The van der Waals surface area contributed by atoms with E-state index >= 15 is 0 Å². The first-order valence-electron chi connectivity index (χ1n) is 9.58. The molecule has 9 heteroatoms. The fourth-order valence-corrected chi connectivity index (χ4v) is 3.79. The molecule has 0 atom stereocenters. The monoisotopic (exact) mass is 445 g/mol. The van der Waals surface area contributed by atoms with Crippen LogP contribution in [-0.4, -0.2) is 52.3 Å². The summed E-state index contributed by atoms with van der Waals surface area (Å²) in [6.45, 7) is 3.87. The lowest BCUT2D eigenvalue weighted by atomic mass is 10.1. The maximum absolute atomic E-state index is 12.5. The predicted molar refractivity (Wildman–Crippen MR) is 120 cm³/mol. The Morgan fingerprint density at radius 2 is 1.87 bits per heavy atom. The van der Waals surface area contributed by atoms with Crippen molar-refractivity contribution in [2.24, 2.45) is 0 Å². The number of carbonyl (C=O) groups is 2. The number of anilines is 1. The number of rotatable bonds is 10. The minimum atomic E-state index is -3.61. The molecule has 0 heterocycles. The number of nitrogens with zero attached hydrogens (tertiary/aromatic N) is 1. The molecule has 0 bridgehead atoms. The van der Waals surface area contributed by atoms with Gasteiger partial charge in [0.25, 0.3) is 5.91 Å². The van der Waals surface area contributed by atoms with Crippen LogP contribution in [0.3, 0.4) is 0 Å². The molecule has 2 aromatic carbocycles. The fraction of sp³-hybridized carbons (Fsp3) is 0.273. The molecule has 0 fully saturated rings. The lowest BCUT2D eigenvalue weighted by Crippen LogP contribution is -2.25. The summed E-state index contributed by atoms with van der Waals surface area (Å²) in [5.41, 5.74) is 1.33. The van der Waals surface area contributed by atoms with Gasteiger partial charge in [-0.05, 0) is 42.3 Å². The summed E-state index contributed by atoms with van der Waals surface area (Å²) in [6, 6.07) is 11.2. The Hall–Kier alpha value is -3.17. The number of nitrogens with one attached hydrogen (secondary N) is 2. The van der Waals surface area contributed by atoms with Gasteiger partial charge in [-0.3, -0.25) is 9.59 Å². The number of benzene rings is 2. The Morgan fingerprint density at radius 1 is 1.16 bits per heavy atom. The van der Waals surface area contributed by atoms with Crippen LogP contribution in [0.5, 0.6) is 5.75 Å². The summed E-state index contributed by atoms with van der Waals surface area (Å²) < 4.78 is 31.2. The van der Waals surface area contributed by atoms with Gasteiger partial charge >= 0.3 is 0 Å². The number of hydrogen-bond acceptors (Lipinski definition) is 5. The molecule has 0 aliphatic rings. The number of sulfonamides is 1. The maximum Gasteiger partial charge on any atom is 0.253 e. The van der Waals surface area contributed by atoms with E-state index in [1.807, 2.05) is 0 Å². The van der Waals surface area contributed by atoms with Crippen molar-refractivity contribution in [1.29, 1.82) is 0 Å². The molecule has 0 aliphatic carbocycles. The fourth-order valence-electron chi connectivity index (χ4n) is 2.83. The van der Waals surface area contributed by atoms with Crippen molar-refractivity contribution in [2.45, 2.75) is 17.7 Å². The van der Waals surface area contributed by atoms with Crippen molar-refractivity contribution in [1.82, 2.24) is 9.62 Å². The van der Waals surface area contributed by atoms with E-state index in [0.717, 1.165) is 4.31 Å². The highest BCUT2D eigenvalue weighted by molar-refractivity contribution is 7.89. The highest BCUT2D eigenvalue weighted by Gasteiger charge is 2.19. The first kappa shape index (κ1) is 24.1. The normalized spacial score (nSPS) is 11.1. The first-order chi connectivity index (χ1) is 14.7. The Balaban J connectivity index is 2.15. The third-order valence-corrected chi connectivity index (χ3v) is 6.32. The maximum atomic E-state index is 12.5. The average molecular weight is 446 g/mol. The van der Waals surface area contributed by atoms with Crippen molar-refractivity contribution >= 4 is 27.5 Å². The minimum Gasteiger partial charge on any atom is -0.496 e. The zero-order valence-corrected chi connectivity index (χ0v) is 18.7. The number of para-hydroxylation sites is 1. The van der Waals surface area contributed by atoms with Gasteiger partial charge in [-0.2, -0.15) is 0 Å². The van der Waals surface area contributed by atoms with Gasteiger partial charge in [-0.1, -0.05) is 18.2 Å². The van der Waals surface area contributed by atoms with E-state index in [-0.39, 0.29) is 29.6 Å². The Labute approximate surface area is 183 Å². The zero-order chi connectivity index (χ0) is 23.0. The molecule has 0 saturated heterocycles. The van der Waals surface area contributed by atoms with Crippen LogP contribution in [0.1, 0.15) is 22.3 Å². The van der Waals surface area contributed by atoms with E-state index in [1.165, 1.54) is 33.3 Å². The highest BCUT2D eigenvalue weighted by Crippen LogP contribution is 2.25. The van der Waals surface area contributed by atoms with Crippen LogP contribution in [0.25, 0.3) is 0 Å². The molecule has 0 radical (unpaired) electrons. The van der Waals surface area contributed by atoms with E-state index in [9.17, 15) is 18.0 Å². The average Bonchev–Trinajstić information content (AvgIpc) is 2.76. The number of ether oxygens (including phenoxy) is 1. The van der Waals surface area contributed by atoms with Gasteiger partial charge in [0.15, 0.2) is 0 Å². The summed E-state index contributed by atoms with van der Waals surface area (Å²) in [5.74, 6) is -0.138. The molecule has 2 amide bonds. The molecular formula is C22H27N3O5S. The van der Waals surface area contributed by atoms with Crippen molar-refractivity contribution in [3.05, 3.63) is 66.2 Å². The molecule has 0 aliphatic heterocycles. The van der Waals surface area contributed by atoms with Gasteiger partial charge in [0.1, 0.15) is 5.75 Å². The third kappa shape index (κ3) is 6.16. The Morgan fingerprint density at radius 3 is 2.52 bits per heavy atom. The van der Waals surface area contributed by atoms with Gasteiger partial charge in [0, 0.05) is 27.1 Å². The van der Waals surface area contributed by atoms with Crippen LogP contribution in [0.4, 0.5) is 5.69 Å². The topological polar surface area (TPSA) is 105 Å². The van der Waals surface area contributed by atoms with Crippen LogP contribution in [0.15, 0.2) is 60.0 Å². The zero-order valence-electron chi connectivity index (χ0n) is 17.8. The van der Waals surface area contributed by atoms with Gasteiger partial charge < -0.3 is 15.4 Å². The van der Waals surface area contributed by atoms with E-state index in [1.54, 1.807) is 36.4 Å². The summed E-state index contributed by atoms with van der Waals surface area (Å²) >= 11 is 0.